The van der Waals surface area contributed by atoms with E-state index in [2.05, 4.69) is 53.2 Å². The maximum absolute atomic E-state index is 5.69. The Balaban J connectivity index is 1.59. The summed E-state index contributed by atoms with van der Waals surface area (Å²) in [4.78, 5) is 20.7. The van der Waals surface area contributed by atoms with E-state index in [1.807, 2.05) is 36.5 Å². The number of pyridine rings is 1. The Morgan fingerprint density at radius 3 is 2.72 bits per heavy atom. The molecule has 1 N–H and O–H groups in total. The van der Waals surface area contributed by atoms with Crippen LogP contribution in [0.5, 0.6) is 0 Å². The molecule has 4 heterocycles. The van der Waals surface area contributed by atoms with Gasteiger partial charge in [-0.25, -0.2) is 15.0 Å². The van der Waals surface area contributed by atoms with Crippen molar-refractivity contribution >= 4 is 27.8 Å². The third-order valence-corrected chi connectivity index (χ3v) is 6.07. The van der Waals surface area contributed by atoms with Crippen LogP contribution in [-0.4, -0.2) is 45.7 Å². The Morgan fingerprint density at radius 2 is 1.84 bits per heavy atom. The molecule has 6 nitrogen and oxygen atoms in total. The van der Waals surface area contributed by atoms with Gasteiger partial charge in [-0.2, -0.15) is 0 Å². The van der Waals surface area contributed by atoms with E-state index in [0.29, 0.717) is 19.0 Å². The highest BCUT2D eigenvalue weighted by molar-refractivity contribution is 5.96. The van der Waals surface area contributed by atoms with Crippen molar-refractivity contribution in [2.24, 2.45) is 0 Å². The molecule has 1 atom stereocenters. The zero-order chi connectivity index (χ0) is 21.5. The predicted molar refractivity (Wildman–Crippen MR) is 128 cm³/mol. The van der Waals surface area contributed by atoms with Gasteiger partial charge < -0.3 is 14.6 Å². The Kier molecular flexibility index (Phi) is 4.58. The van der Waals surface area contributed by atoms with E-state index in [-0.39, 0.29) is 6.04 Å². The molecule has 0 aliphatic carbocycles. The fourth-order valence-corrected chi connectivity index (χ4v) is 4.41. The van der Waals surface area contributed by atoms with Crippen LogP contribution in [0.2, 0.25) is 0 Å². The number of H-pyrrole nitrogens is 1. The Labute approximate surface area is 185 Å². The lowest BCUT2D eigenvalue weighted by molar-refractivity contribution is 0.0987. The minimum absolute atomic E-state index is 0.208. The second-order valence-electron chi connectivity index (χ2n) is 8.16. The Bertz CT molecular complexity index is 1410. The van der Waals surface area contributed by atoms with Crippen LogP contribution in [0.25, 0.3) is 44.6 Å². The largest absolute Gasteiger partial charge is 0.377 e. The van der Waals surface area contributed by atoms with E-state index in [4.69, 9.17) is 19.7 Å². The van der Waals surface area contributed by atoms with Crippen LogP contribution in [0.3, 0.4) is 0 Å². The summed E-state index contributed by atoms with van der Waals surface area (Å²) in [6.07, 6.45) is 1.95. The summed E-state index contributed by atoms with van der Waals surface area (Å²) in [5, 5.41) is 1.11. The maximum Gasteiger partial charge on any atom is 0.162 e. The molecule has 0 radical (unpaired) electrons. The first-order chi connectivity index (χ1) is 15.8. The van der Waals surface area contributed by atoms with Crippen LogP contribution in [0.15, 0.2) is 72.9 Å². The quantitative estimate of drug-likeness (QED) is 0.441. The lowest BCUT2D eigenvalue weighted by atomic mass is 10.1. The minimum Gasteiger partial charge on any atom is -0.377 e. The number of benzene rings is 2. The molecule has 6 rings (SSSR count). The van der Waals surface area contributed by atoms with Crippen molar-refractivity contribution in [2.75, 3.05) is 24.7 Å². The molecule has 0 bridgehead atoms. The van der Waals surface area contributed by atoms with E-state index >= 15 is 0 Å². The predicted octanol–water partition coefficient (Wildman–Crippen LogP) is 5.07. The van der Waals surface area contributed by atoms with Gasteiger partial charge in [0.15, 0.2) is 11.6 Å². The van der Waals surface area contributed by atoms with Gasteiger partial charge in [0, 0.05) is 34.8 Å². The van der Waals surface area contributed by atoms with Crippen molar-refractivity contribution in [1.82, 2.24) is 19.9 Å². The van der Waals surface area contributed by atoms with E-state index < -0.39 is 0 Å². The van der Waals surface area contributed by atoms with E-state index in [1.54, 1.807) is 0 Å². The molecule has 0 spiro atoms. The molecule has 32 heavy (non-hydrogen) atoms. The molecule has 5 aromatic rings. The fraction of sp³-hybridized carbons (Fsp3) is 0.192. The number of aromatic nitrogens is 4. The number of morpholine rings is 1. The number of nitrogens with zero attached hydrogens (tertiary/aromatic N) is 4. The third kappa shape index (κ3) is 3.20. The monoisotopic (exact) mass is 421 g/mol. The van der Waals surface area contributed by atoms with Crippen molar-refractivity contribution in [2.45, 2.75) is 13.0 Å². The summed E-state index contributed by atoms with van der Waals surface area (Å²) in [5.41, 5.74) is 5.76. The van der Waals surface area contributed by atoms with Crippen molar-refractivity contribution in [3.63, 3.8) is 0 Å². The van der Waals surface area contributed by atoms with Gasteiger partial charge in [-0.3, -0.25) is 0 Å². The zero-order valence-electron chi connectivity index (χ0n) is 17.8. The van der Waals surface area contributed by atoms with Crippen LogP contribution >= 0.6 is 0 Å². The standard InChI is InChI=1S/C26H23N5O/c1-17-16-32-15-14-31(17)26-24-23(11-10-21(28-24)18-6-3-2-4-7-18)29-25(30-26)20-8-5-9-22-19(20)12-13-27-22/h2-13,17,27H,14-16H2,1H3. The van der Waals surface area contributed by atoms with Gasteiger partial charge in [-0.15, -0.1) is 0 Å². The summed E-state index contributed by atoms with van der Waals surface area (Å²) < 4.78 is 5.69. The van der Waals surface area contributed by atoms with Gasteiger partial charge in [-0.05, 0) is 31.2 Å². The SMILES string of the molecule is CC1COCCN1c1nc(-c2cccc3[nH]ccc23)nc2ccc(-c3ccccc3)nc12. The summed E-state index contributed by atoms with van der Waals surface area (Å²) in [6, 6.07) is 22.8. The number of rotatable bonds is 3. The second kappa shape index (κ2) is 7.73. The topological polar surface area (TPSA) is 66.9 Å². The average molecular weight is 422 g/mol. The lowest BCUT2D eigenvalue weighted by Gasteiger charge is -2.34. The van der Waals surface area contributed by atoms with Gasteiger partial charge in [0.25, 0.3) is 0 Å². The highest BCUT2D eigenvalue weighted by atomic mass is 16.5. The molecule has 3 aromatic heterocycles. The first-order valence-electron chi connectivity index (χ1n) is 10.9. The highest BCUT2D eigenvalue weighted by Crippen LogP contribution is 2.33. The third-order valence-electron chi connectivity index (χ3n) is 6.07. The van der Waals surface area contributed by atoms with Crippen molar-refractivity contribution in [3.05, 3.63) is 72.9 Å². The van der Waals surface area contributed by atoms with Gasteiger partial charge in [0.1, 0.15) is 5.52 Å². The fourth-order valence-electron chi connectivity index (χ4n) is 4.41. The summed E-state index contributed by atoms with van der Waals surface area (Å²) >= 11 is 0. The zero-order valence-corrected chi connectivity index (χ0v) is 17.8. The lowest BCUT2D eigenvalue weighted by Crippen LogP contribution is -2.44. The van der Waals surface area contributed by atoms with Crippen LogP contribution < -0.4 is 4.90 Å². The summed E-state index contributed by atoms with van der Waals surface area (Å²) in [5.74, 6) is 1.58. The Morgan fingerprint density at radius 1 is 0.938 bits per heavy atom. The second-order valence-corrected chi connectivity index (χ2v) is 8.16. The maximum atomic E-state index is 5.69. The number of ether oxygens (including phenoxy) is 1. The molecule has 1 aliphatic heterocycles. The molecule has 1 saturated heterocycles. The first kappa shape index (κ1) is 19.0. The Hall–Kier alpha value is -3.77. The van der Waals surface area contributed by atoms with Gasteiger partial charge >= 0.3 is 0 Å². The molecule has 1 unspecified atom stereocenters. The van der Waals surface area contributed by atoms with E-state index in [9.17, 15) is 0 Å². The number of nitrogens with one attached hydrogen (secondary N) is 1. The van der Waals surface area contributed by atoms with Crippen LogP contribution in [0, 0.1) is 0 Å². The molecule has 0 amide bonds. The van der Waals surface area contributed by atoms with Crippen molar-refractivity contribution in [1.29, 1.82) is 0 Å². The van der Waals surface area contributed by atoms with Crippen molar-refractivity contribution < 1.29 is 4.74 Å². The van der Waals surface area contributed by atoms with E-state index in [0.717, 1.165) is 51.1 Å². The molecule has 158 valence electrons. The van der Waals surface area contributed by atoms with Gasteiger partial charge in [0.2, 0.25) is 0 Å². The average Bonchev–Trinajstić information content (AvgIpc) is 3.33. The highest BCUT2D eigenvalue weighted by Gasteiger charge is 2.25. The van der Waals surface area contributed by atoms with Crippen LogP contribution in [0.1, 0.15) is 6.92 Å². The molecular weight excluding hydrogens is 398 g/mol. The number of hydrogen-bond donors (Lipinski definition) is 1. The minimum atomic E-state index is 0.208. The van der Waals surface area contributed by atoms with Gasteiger partial charge in [-0.1, -0.05) is 42.5 Å². The van der Waals surface area contributed by atoms with E-state index in [1.165, 1.54) is 0 Å². The van der Waals surface area contributed by atoms with Gasteiger partial charge in [0.05, 0.1) is 30.5 Å². The molecule has 1 fully saturated rings. The molecule has 0 saturated carbocycles. The number of fused-ring (bicyclic) bond motifs is 2. The number of aromatic amines is 1. The normalized spacial score (nSPS) is 16.7. The molecule has 2 aromatic carbocycles. The molecular formula is C26H23N5O. The van der Waals surface area contributed by atoms with Crippen molar-refractivity contribution in [3.8, 4) is 22.6 Å². The van der Waals surface area contributed by atoms with Crippen LogP contribution in [0.4, 0.5) is 5.82 Å². The number of anilines is 1. The molecule has 6 heteroatoms. The molecule has 1 aliphatic rings. The van der Waals surface area contributed by atoms with Crippen LogP contribution in [-0.2, 0) is 4.74 Å². The number of hydrogen-bond acceptors (Lipinski definition) is 5. The summed E-state index contributed by atoms with van der Waals surface area (Å²) in [6.45, 7) is 4.29. The summed E-state index contributed by atoms with van der Waals surface area (Å²) in [7, 11) is 0. The smallest absolute Gasteiger partial charge is 0.162 e. The first-order valence-corrected chi connectivity index (χ1v) is 10.9.